The van der Waals surface area contributed by atoms with Crippen LogP contribution in [0, 0.1) is 30.4 Å². The summed E-state index contributed by atoms with van der Waals surface area (Å²) in [5.41, 5.74) is 0.972. The molecule has 2 bridgehead atoms. The van der Waals surface area contributed by atoms with E-state index in [0.29, 0.717) is 36.1 Å². The number of hydrogen-bond acceptors (Lipinski definition) is 7. The molecule has 3 aliphatic rings. The first-order valence-electron chi connectivity index (χ1n) is 11.9. The zero-order chi connectivity index (χ0) is 23.2. The van der Waals surface area contributed by atoms with Crippen LogP contribution in [-0.2, 0) is 6.54 Å². The maximum absolute atomic E-state index is 14.1. The molecule has 1 saturated heterocycles. The SMILES string of the molecule is Cc1cc(N2C[C@H]3CC[C@@H](C2)C3Nc2nc3n(n2)CCC[C@@H]3Oc2cccc(F)c2F)ncn1. The Morgan fingerprint density at radius 1 is 1.09 bits per heavy atom. The molecule has 2 aliphatic heterocycles. The van der Waals surface area contributed by atoms with E-state index in [1.807, 2.05) is 17.7 Å². The Labute approximate surface area is 196 Å². The van der Waals surface area contributed by atoms with E-state index in [-0.39, 0.29) is 5.75 Å². The minimum Gasteiger partial charge on any atom is -0.479 e. The van der Waals surface area contributed by atoms with Gasteiger partial charge < -0.3 is 15.0 Å². The van der Waals surface area contributed by atoms with Gasteiger partial charge in [-0.2, -0.15) is 9.37 Å². The molecule has 0 spiro atoms. The molecule has 0 radical (unpaired) electrons. The van der Waals surface area contributed by atoms with Crippen LogP contribution in [0.3, 0.4) is 0 Å². The molecule has 10 heteroatoms. The van der Waals surface area contributed by atoms with Crippen molar-refractivity contribution in [3.05, 3.63) is 53.7 Å². The van der Waals surface area contributed by atoms with Crippen molar-refractivity contribution >= 4 is 11.8 Å². The summed E-state index contributed by atoms with van der Waals surface area (Å²) < 4.78 is 35.4. The molecule has 6 rings (SSSR count). The van der Waals surface area contributed by atoms with Crippen molar-refractivity contribution in [2.75, 3.05) is 23.3 Å². The Bertz CT molecular complexity index is 1190. The van der Waals surface area contributed by atoms with E-state index in [1.165, 1.54) is 12.1 Å². The van der Waals surface area contributed by atoms with Crippen molar-refractivity contribution in [2.24, 2.45) is 11.8 Å². The number of hydrogen-bond donors (Lipinski definition) is 1. The summed E-state index contributed by atoms with van der Waals surface area (Å²) in [6, 6.07) is 6.30. The molecule has 0 amide bonds. The molecule has 1 aromatic carbocycles. The maximum atomic E-state index is 14.1. The fraction of sp³-hybridized carbons (Fsp3) is 0.500. The van der Waals surface area contributed by atoms with Gasteiger partial charge >= 0.3 is 0 Å². The Balaban J connectivity index is 1.17. The van der Waals surface area contributed by atoms with E-state index < -0.39 is 17.7 Å². The van der Waals surface area contributed by atoms with Crippen LogP contribution >= 0.6 is 0 Å². The van der Waals surface area contributed by atoms with Gasteiger partial charge in [0.05, 0.1) is 0 Å². The first-order valence-corrected chi connectivity index (χ1v) is 11.9. The van der Waals surface area contributed by atoms with Crippen molar-refractivity contribution < 1.29 is 13.5 Å². The van der Waals surface area contributed by atoms with E-state index in [2.05, 4.69) is 25.3 Å². The lowest BCUT2D eigenvalue weighted by Crippen LogP contribution is -2.48. The fourth-order valence-corrected chi connectivity index (χ4v) is 5.62. The molecule has 1 aliphatic carbocycles. The second kappa shape index (κ2) is 8.48. The summed E-state index contributed by atoms with van der Waals surface area (Å²) in [4.78, 5) is 15.8. The predicted molar refractivity (Wildman–Crippen MR) is 122 cm³/mol. The number of halogens is 2. The quantitative estimate of drug-likeness (QED) is 0.610. The number of piperidine rings is 1. The second-order valence-corrected chi connectivity index (χ2v) is 9.51. The van der Waals surface area contributed by atoms with Crippen LogP contribution in [0.5, 0.6) is 5.75 Å². The molecule has 2 fully saturated rings. The molecule has 4 atom stereocenters. The van der Waals surface area contributed by atoms with Gasteiger partial charge in [0.2, 0.25) is 11.8 Å². The van der Waals surface area contributed by atoms with E-state index in [4.69, 9.17) is 9.72 Å². The third kappa shape index (κ3) is 3.84. The average Bonchev–Trinajstić information content (AvgIpc) is 3.33. The number of aromatic nitrogens is 5. The summed E-state index contributed by atoms with van der Waals surface area (Å²) in [5, 5.41) is 8.27. The van der Waals surface area contributed by atoms with Crippen LogP contribution in [-0.4, -0.2) is 43.9 Å². The topological polar surface area (TPSA) is 81.0 Å². The Hall–Kier alpha value is -3.30. The highest BCUT2D eigenvalue weighted by Crippen LogP contribution is 2.40. The molecular formula is C24H27F2N7O. The van der Waals surface area contributed by atoms with Crippen molar-refractivity contribution in [2.45, 2.75) is 51.3 Å². The minimum absolute atomic E-state index is 0.0960. The summed E-state index contributed by atoms with van der Waals surface area (Å²) >= 11 is 0. The van der Waals surface area contributed by atoms with Crippen LogP contribution in [0.15, 0.2) is 30.6 Å². The number of anilines is 2. The van der Waals surface area contributed by atoms with Crippen molar-refractivity contribution in [3.8, 4) is 5.75 Å². The third-order valence-electron chi connectivity index (χ3n) is 7.25. The Kier molecular flexibility index (Phi) is 5.30. The Morgan fingerprint density at radius 2 is 1.91 bits per heavy atom. The maximum Gasteiger partial charge on any atom is 0.242 e. The predicted octanol–water partition coefficient (Wildman–Crippen LogP) is 3.90. The number of nitrogens with zero attached hydrogens (tertiary/aromatic N) is 6. The zero-order valence-electron chi connectivity index (χ0n) is 19.0. The molecule has 34 heavy (non-hydrogen) atoms. The number of benzene rings is 1. The molecule has 3 aromatic rings. The monoisotopic (exact) mass is 467 g/mol. The van der Waals surface area contributed by atoms with Gasteiger partial charge in [-0.3, -0.25) is 0 Å². The van der Waals surface area contributed by atoms with Gasteiger partial charge in [-0.05, 0) is 56.6 Å². The van der Waals surface area contributed by atoms with Crippen molar-refractivity contribution in [1.82, 2.24) is 24.7 Å². The molecule has 178 valence electrons. The highest BCUT2D eigenvalue weighted by Gasteiger charge is 2.43. The van der Waals surface area contributed by atoms with Gasteiger partial charge in [0.1, 0.15) is 12.1 Å². The lowest BCUT2D eigenvalue weighted by atomic mass is 9.92. The molecule has 4 heterocycles. The minimum atomic E-state index is -0.972. The fourth-order valence-electron chi connectivity index (χ4n) is 5.62. The van der Waals surface area contributed by atoms with Crippen LogP contribution in [0.1, 0.15) is 43.3 Å². The molecule has 1 saturated carbocycles. The summed E-state index contributed by atoms with van der Waals surface area (Å²) in [7, 11) is 0. The highest BCUT2D eigenvalue weighted by molar-refractivity contribution is 5.41. The normalized spacial score (nSPS) is 25.8. The van der Waals surface area contributed by atoms with Gasteiger partial charge in [-0.1, -0.05) is 6.07 Å². The van der Waals surface area contributed by atoms with Gasteiger partial charge in [-0.15, -0.1) is 5.10 Å². The zero-order valence-corrected chi connectivity index (χ0v) is 19.0. The number of rotatable bonds is 5. The molecule has 2 aromatic heterocycles. The highest BCUT2D eigenvalue weighted by atomic mass is 19.2. The number of fused-ring (bicyclic) bond motifs is 3. The summed E-state index contributed by atoms with van der Waals surface area (Å²) in [5.74, 6) is 1.18. The number of ether oxygens (including phenoxy) is 1. The molecule has 1 unspecified atom stereocenters. The van der Waals surface area contributed by atoms with Gasteiger partial charge in [0.15, 0.2) is 23.5 Å². The Morgan fingerprint density at radius 3 is 2.71 bits per heavy atom. The van der Waals surface area contributed by atoms with Gasteiger partial charge in [-0.25, -0.2) is 19.0 Å². The molecule has 8 nitrogen and oxygen atoms in total. The lowest BCUT2D eigenvalue weighted by molar-refractivity contribution is 0.147. The largest absolute Gasteiger partial charge is 0.479 e. The van der Waals surface area contributed by atoms with Crippen molar-refractivity contribution in [3.63, 3.8) is 0 Å². The lowest BCUT2D eigenvalue weighted by Gasteiger charge is -2.38. The second-order valence-electron chi connectivity index (χ2n) is 9.51. The first-order chi connectivity index (χ1) is 16.5. The standard InChI is InChI=1S/C24H27F2N7O/c1-14-10-20(28-13-27-14)32-11-15-7-8-16(12-32)22(15)29-24-30-23-19(6-3-9-33(23)31-24)34-18-5-2-4-17(25)21(18)26/h2,4-5,10,13,15-16,19,22H,3,6-9,11-12H2,1H3,(H,29,31)/t15-,16+,19-,22?/m0/s1. The van der Waals surface area contributed by atoms with Gasteiger partial charge in [0.25, 0.3) is 0 Å². The van der Waals surface area contributed by atoms with E-state index in [9.17, 15) is 8.78 Å². The third-order valence-corrected chi connectivity index (χ3v) is 7.25. The summed E-state index contributed by atoms with van der Waals surface area (Å²) in [6.07, 6.45) is 4.98. The first kappa shape index (κ1) is 21.2. The van der Waals surface area contributed by atoms with E-state index in [1.54, 1.807) is 6.33 Å². The average molecular weight is 468 g/mol. The smallest absolute Gasteiger partial charge is 0.242 e. The van der Waals surface area contributed by atoms with Crippen molar-refractivity contribution in [1.29, 1.82) is 0 Å². The van der Waals surface area contributed by atoms with Crippen LogP contribution < -0.4 is 15.0 Å². The van der Waals surface area contributed by atoms with Gasteiger partial charge in [0, 0.05) is 37.4 Å². The molecular weight excluding hydrogens is 440 g/mol. The van der Waals surface area contributed by atoms with E-state index >= 15 is 0 Å². The molecule has 1 N–H and O–H groups in total. The van der Waals surface area contributed by atoms with Crippen LogP contribution in [0.25, 0.3) is 0 Å². The van der Waals surface area contributed by atoms with E-state index in [0.717, 1.165) is 56.5 Å². The van der Waals surface area contributed by atoms with Crippen LogP contribution in [0.2, 0.25) is 0 Å². The van der Waals surface area contributed by atoms with Crippen LogP contribution in [0.4, 0.5) is 20.5 Å². The summed E-state index contributed by atoms with van der Waals surface area (Å²) in [6.45, 7) is 4.58. The number of aryl methyl sites for hydroxylation is 2. The number of nitrogens with one attached hydrogen (secondary N) is 1.